The Labute approximate surface area is 99.9 Å². The van der Waals surface area contributed by atoms with Gasteiger partial charge in [0, 0.05) is 11.4 Å². The van der Waals surface area contributed by atoms with E-state index in [9.17, 15) is 0 Å². The summed E-state index contributed by atoms with van der Waals surface area (Å²) in [5, 5.41) is 0. The quantitative estimate of drug-likeness (QED) is 0.789. The highest BCUT2D eigenvalue weighted by atomic mass is 15.1. The van der Waals surface area contributed by atoms with Crippen molar-refractivity contribution in [3.05, 3.63) is 22.8 Å². The van der Waals surface area contributed by atoms with Gasteiger partial charge in [-0.1, -0.05) is 20.8 Å². The zero-order valence-corrected chi connectivity index (χ0v) is 11.8. The molecule has 0 radical (unpaired) electrons. The van der Waals surface area contributed by atoms with Crippen LogP contribution < -0.4 is 0 Å². The highest BCUT2D eigenvalue weighted by Gasteiger charge is 2.06. The van der Waals surface area contributed by atoms with Crippen LogP contribution in [0.3, 0.4) is 0 Å². The maximum absolute atomic E-state index is 4.49. The first-order chi connectivity index (χ1) is 7.54. The molecule has 0 N–H and O–H groups in total. The number of rotatable bonds is 3. The summed E-state index contributed by atoms with van der Waals surface area (Å²) in [6, 6.07) is 0. The topological polar surface area (TPSA) is 29.0 Å². The zero-order valence-electron chi connectivity index (χ0n) is 11.8. The molecule has 0 atom stereocenters. The first-order valence-electron chi connectivity index (χ1n) is 6.02. The third kappa shape index (κ3) is 4.27. The van der Waals surface area contributed by atoms with Crippen LogP contribution in [0.1, 0.15) is 43.5 Å². The van der Waals surface area contributed by atoms with Crippen LogP contribution in [-0.4, -0.2) is 29.0 Å². The molecule has 0 bridgehead atoms. The van der Waals surface area contributed by atoms with Gasteiger partial charge in [0.1, 0.15) is 5.82 Å². The minimum absolute atomic E-state index is 0.811. The fourth-order valence-corrected chi connectivity index (χ4v) is 1.67. The van der Waals surface area contributed by atoms with Gasteiger partial charge in [0.15, 0.2) is 0 Å². The van der Waals surface area contributed by atoms with Gasteiger partial charge in [0.25, 0.3) is 0 Å². The smallest absolute Gasteiger partial charge is 0.142 e. The van der Waals surface area contributed by atoms with Crippen molar-refractivity contribution in [2.45, 2.75) is 47.6 Å². The number of aromatic nitrogens is 2. The van der Waals surface area contributed by atoms with Crippen molar-refractivity contribution in [1.82, 2.24) is 14.9 Å². The van der Waals surface area contributed by atoms with Crippen LogP contribution in [0.25, 0.3) is 0 Å². The van der Waals surface area contributed by atoms with Gasteiger partial charge in [-0.05, 0) is 39.9 Å². The monoisotopic (exact) mass is 223 g/mol. The molecule has 1 heterocycles. The van der Waals surface area contributed by atoms with Crippen LogP contribution in [0.5, 0.6) is 0 Å². The maximum atomic E-state index is 4.49. The van der Waals surface area contributed by atoms with Crippen LogP contribution in [0, 0.1) is 13.8 Å². The average molecular weight is 223 g/mol. The third-order valence-electron chi connectivity index (χ3n) is 2.28. The predicted octanol–water partition coefficient (Wildman–Crippen LogP) is 2.74. The Morgan fingerprint density at radius 3 is 1.75 bits per heavy atom. The van der Waals surface area contributed by atoms with Gasteiger partial charge in [-0.3, -0.25) is 0 Å². The fourth-order valence-electron chi connectivity index (χ4n) is 1.67. The second kappa shape index (κ2) is 7.34. The predicted molar refractivity (Wildman–Crippen MR) is 69.6 cm³/mol. The Morgan fingerprint density at radius 1 is 1.00 bits per heavy atom. The van der Waals surface area contributed by atoms with Crippen LogP contribution in [-0.2, 0) is 13.0 Å². The van der Waals surface area contributed by atoms with E-state index in [-0.39, 0.29) is 0 Å². The summed E-state index contributed by atoms with van der Waals surface area (Å²) < 4.78 is 0. The average Bonchev–Trinajstić information content (AvgIpc) is 2.19. The molecular formula is C13H25N3. The molecule has 0 spiro atoms. The number of hydrogen-bond acceptors (Lipinski definition) is 3. The summed E-state index contributed by atoms with van der Waals surface area (Å²) >= 11 is 0. The molecule has 1 aromatic heterocycles. The van der Waals surface area contributed by atoms with Gasteiger partial charge >= 0.3 is 0 Å². The molecule has 0 fully saturated rings. The van der Waals surface area contributed by atoms with Gasteiger partial charge in [0.2, 0.25) is 0 Å². The fraction of sp³-hybridized carbons (Fsp3) is 0.692. The minimum atomic E-state index is 0.811. The Hall–Kier alpha value is -0.960. The molecule has 0 unspecified atom stereocenters. The molecule has 3 heteroatoms. The van der Waals surface area contributed by atoms with E-state index in [2.05, 4.69) is 35.6 Å². The number of hydrogen-bond donors (Lipinski definition) is 0. The van der Waals surface area contributed by atoms with Gasteiger partial charge in [0.05, 0.1) is 6.54 Å². The largest absolute Gasteiger partial charge is 0.302 e. The molecule has 3 nitrogen and oxygen atoms in total. The summed E-state index contributed by atoms with van der Waals surface area (Å²) in [6.45, 7) is 11.1. The molecule has 0 aliphatic heterocycles. The van der Waals surface area contributed by atoms with E-state index in [1.54, 1.807) is 0 Å². The molecule has 0 saturated heterocycles. The van der Waals surface area contributed by atoms with Gasteiger partial charge in [-0.2, -0.15) is 0 Å². The molecule has 0 amide bonds. The van der Waals surface area contributed by atoms with Crippen LogP contribution in [0.15, 0.2) is 0 Å². The molecule has 1 aromatic rings. The number of aryl methyl sites for hydroxylation is 2. The molecule has 0 saturated carbocycles. The maximum Gasteiger partial charge on any atom is 0.142 e. The van der Waals surface area contributed by atoms with E-state index in [0.717, 1.165) is 30.2 Å². The lowest BCUT2D eigenvalue weighted by molar-refractivity contribution is 0.389. The summed E-state index contributed by atoms with van der Waals surface area (Å²) in [4.78, 5) is 11.1. The Kier molecular flexibility index (Phi) is 6.90. The number of nitrogens with zero attached hydrogens (tertiary/aromatic N) is 3. The normalized spacial score (nSPS) is 10.0. The van der Waals surface area contributed by atoms with Crippen molar-refractivity contribution in [2.75, 3.05) is 14.1 Å². The standard InChI is InChI=1S/C11H19N3.C2H6/c1-6-10-8(2)12-11(7-14(4)5)13-9(10)3;1-2/h6-7H2,1-5H3;1-2H3. The lowest BCUT2D eigenvalue weighted by Crippen LogP contribution is -2.15. The second-order valence-electron chi connectivity index (χ2n) is 3.88. The van der Waals surface area contributed by atoms with Crippen molar-refractivity contribution >= 4 is 0 Å². The van der Waals surface area contributed by atoms with Crippen LogP contribution in [0.4, 0.5) is 0 Å². The van der Waals surface area contributed by atoms with E-state index in [1.807, 2.05) is 27.9 Å². The summed E-state index contributed by atoms with van der Waals surface area (Å²) in [7, 11) is 4.06. The second-order valence-corrected chi connectivity index (χ2v) is 3.88. The molecule has 0 aliphatic rings. The lowest BCUT2D eigenvalue weighted by Gasteiger charge is -2.12. The third-order valence-corrected chi connectivity index (χ3v) is 2.28. The van der Waals surface area contributed by atoms with E-state index >= 15 is 0 Å². The molecule has 1 rings (SSSR count). The highest BCUT2D eigenvalue weighted by molar-refractivity contribution is 5.24. The molecular weight excluding hydrogens is 198 g/mol. The van der Waals surface area contributed by atoms with Gasteiger partial charge in [-0.15, -0.1) is 0 Å². The molecule has 92 valence electrons. The van der Waals surface area contributed by atoms with Crippen molar-refractivity contribution in [3.63, 3.8) is 0 Å². The zero-order chi connectivity index (χ0) is 12.7. The highest BCUT2D eigenvalue weighted by Crippen LogP contribution is 2.11. The van der Waals surface area contributed by atoms with E-state index < -0.39 is 0 Å². The minimum Gasteiger partial charge on any atom is -0.302 e. The Morgan fingerprint density at radius 2 is 1.44 bits per heavy atom. The first-order valence-corrected chi connectivity index (χ1v) is 6.02. The SMILES string of the molecule is CC.CCc1c(C)nc(CN(C)C)nc1C. The van der Waals surface area contributed by atoms with Crippen molar-refractivity contribution in [3.8, 4) is 0 Å². The van der Waals surface area contributed by atoms with Crippen molar-refractivity contribution in [1.29, 1.82) is 0 Å². The van der Waals surface area contributed by atoms with Gasteiger partial charge in [-0.25, -0.2) is 9.97 Å². The van der Waals surface area contributed by atoms with Crippen molar-refractivity contribution in [2.24, 2.45) is 0 Å². The molecule has 0 aliphatic carbocycles. The van der Waals surface area contributed by atoms with Crippen molar-refractivity contribution < 1.29 is 0 Å². The first kappa shape index (κ1) is 15.0. The van der Waals surface area contributed by atoms with Crippen LogP contribution in [0.2, 0.25) is 0 Å². The summed E-state index contributed by atoms with van der Waals surface area (Å²) in [5.41, 5.74) is 3.53. The van der Waals surface area contributed by atoms with E-state index in [0.29, 0.717) is 0 Å². The molecule has 16 heavy (non-hydrogen) atoms. The summed E-state index contributed by atoms with van der Waals surface area (Å²) in [6.07, 6.45) is 1.01. The van der Waals surface area contributed by atoms with E-state index in [1.165, 1.54) is 5.56 Å². The molecule has 0 aromatic carbocycles. The Balaban J connectivity index is 0.00000106. The summed E-state index contributed by atoms with van der Waals surface area (Å²) in [5.74, 6) is 0.919. The Bertz CT molecular complexity index is 296. The van der Waals surface area contributed by atoms with Gasteiger partial charge < -0.3 is 4.90 Å². The van der Waals surface area contributed by atoms with E-state index in [4.69, 9.17) is 0 Å². The van der Waals surface area contributed by atoms with Crippen LogP contribution >= 0.6 is 0 Å². The lowest BCUT2D eigenvalue weighted by atomic mass is 10.1.